The van der Waals surface area contributed by atoms with Gasteiger partial charge in [-0.3, -0.25) is 9.69 Å². The molecule has 2 saturated heterocycles. The molecule has 3 aliphatic rings. The molecule has 1 amide bonds. The van der Waals surface area contributed by atoms with Crippen LogP contribution in [0.1, 0.15) is 25.7 Å². The van der Waals surface area contributed by atoms with Crippen molar-refractivity contribution in [2.75, 3.05) is 40.4 Å². The number of carbonyl (C=O) groups is 1. The van der Waals surface area contributed by atoms with Crippen molar-refractivity contribution >= 4 is 5.91 Å². The van der Waals surface area contributed by atoms with Gasteiger partial charge in [-0.2, -0.15) is 0 Å². The van der Waals surface area contributed by atoms with E-state index in [2.05, 4.69) is 11.9 Å². The van der Waals surface area contributed by atoms with Gasteiger partial charge >= 0.3 is 0 Å². The molecule has 2 heterocycles. The number of hydrogen-bond acceptors (Lipinski definition) is 3. The van der Waals surface area contributed by atoms with Gasteiger partial charge in [-0.25, -0.2) is 8.78 Å². The van der Waals surface area contributed by atoms with Crippen molar-refractivity contribution in [2.45, 2.75) is 37.1 Å². The first kappa shape index (κ1) is 15.2. The van der Waals surface area contributed by atoms with Crippen LogP contribution in [-0.2, 0) is 9.53 Å². The molecule has 0 unspecified atom stereocenters. The molecule has 6 heteroatoms. The number of rotatable bonds is 3. The summed E-state index contributed by atoms with van der Waals surface area (Å²) in [5.74, 6) is -2.61. The number of likely N-dealkylation sites (tertiary alicyclic amines) is 2. The van der Waals surface area contributed by atoms with Crippen LogP contribution in [0.3, 0.4) is 0 Å². The van der Waals surface area contributed by atoms with Gasteiger partial charge < -0.3 is 9.64 Å². The molecule has 21 heavy (non-hydrogen) atoms. The molecule has 1 saturated carbocycles. The Hall–Kier alpha value is -0.750. The van der Waals surface area contributed by atoms with Gasteiger partial charge in [0, 0.05) is 45.6 Å². The third-order valence-corrected chi connectivity index (χ3v) is 5.47. The van der Waals surface area contributed by atoms with E-state index in [9.17, 15) is 13.6 Å². The summed E-state index contributed by atoms with van der Waals surface area (Å²) in [6.45, 7) is 3.14. The van der Waals surface area contributed by atoms with Gasteiger partial charge in [0.1, 0.15) is 0 Å². The summed E-state index contributed by atoms with van der Waals surface area (Å²) in [4.78, 5) is 16.3. The predicted molar refractivity (Wildman–Crippen MR) is 74.2 cm³/mol. The second-order valence-electron chi connectivity index (χ2n) is 7.12. The van der Waals surface area contributed by atoms with E-state index >= 15 is 0 Å². The third-order valence-electron chi connectivity index (χ3n) is 5.47. The molecule has 0 aromatic rings. The molecule has 0 radical (unpaired) electrons. The van der Waals surface area contributed by atoms with E-state index in [4.69, 9.17) is 4.74 Å². The molecule has 4 nitrogen and oxygen atoms in total. The number of carbonyl (C=O) groups excluding carboxylic acids is 1. The molecule has 0 N–H and O–H groups in total. The standard InChI is InChI=1S/C15H24F2N2O2/c1-18-4-3-11(8-21-2)5-14(18)9-19(10-14)13(20)12-6-15(16,17)7-12/h11-12H,3-10H2,1-2H3/t11-/m1/s1. The maximum atomic E-state index is 12.9. The molecule has 0 aromatic heterocycles. The highest BCUT2D eigenvalue weighted by Gasteiger charge is 2.55. The largest absolute Gasteiger partial charge is 0.384 e. The summed E-state index contributed by atoms with van der Waals surface area (Å²) in [5, 5.41) is 0. The van der Waals surface area contributed by atoms with Crippen LogP contribution in [-0.4, -0.2) is 67.6 Å². The first-order valence-electron chi connectivity index (χ1n) is 7.72. The zero-order chi connectivity index (χ0) is 15.3. The SMILES string of the molecule is COC[C@@H]1CCN(C)C2(C1)CN(C(=O)C1CC(F)(F)C1)C2. The molecule has 3 rings (SSSR count). The summed E-state index contributed by atoms with van der Waals surface area (Å²) in [7, 11) is 3.82. The summed E-state index contributed by atoms with van der Waals surface area (Å²) >= 11 is 0. The minimum atomic E-state index is -2.62. The van der Waals surface area contributed by atoms with Crippen LogP contribution < -0.4 is 0 Å². The van der Waals surface area contributed by atoms with Crippen LogP contribution in [0.15, 0.2) is 0 Å². The molecule has 2 aliphatic heterocycles. The van der Waals surface area contributed by atoms with Crippen molar-refractivity contribution in [1.29, 1.82) is 0 Å². The molecule has 1 aliphatic carbocycles. The van der Waals surface area contributed by atoms with Gasteiger partial charge in [-0.15, -0.1) is 0 Å². The highest BCUT2D eigenvalue weighted by molar-refractivity contribution is 5.81. The third kappa shape index (κ3) is 2.68. The van der Waals surface area contributed by atoms with Crippen molar-refractivity contribution < 1.29 is 18.3 Å². The van der Waals surface area contributed by atoms with Crippen molar-refractivity contribution in [3.63, 3.8) is 0 Å². The van der Waals surface area contributed by atoms with Crippen LogP contribution in [0.5, 0.6) is 0 Å². The van der Waals surface area contributed by atoms with Gasteiger partial charge in [0.25, 0.3) is 0 Å². The Bertz CT molecular complexity index is 416. The average molecular weight is 302 g/mol. The fourth-order valence-electron chi connectivity index (χ4n) is 4.07. The smallest absolute Gasteiger partial charge is 0.249 e. The molecule has 1 spiro atoms. The summed E-state index contributed by atoms with van der Waals surface area (Å²) < 4.78 is 31.0. The number of methoxy groups -OCH3 is 1. The van der Waals surface area contributed by atoms with Gasteiger partial charge in [0.05, 0.1) is 5.54 Å². The van der Waals surface area contributed by atoms with E-state index in [0.29, 0.717) is 19.0 Å². The lowest BCUT2D eigenvalue weighted by Gasteiger charge is -2.59. The lowest BCUT2D eigenvalue weighted by Crippen LogP contribution is -2.73. The fourth-order valence-corrected chi connectivity index (χ4v) is 4.07. The maximum Gasteiger partial charge on any atom is 0.249 e. The number of halogens is 2. The Kier molecular flexibility index (Phi) is 3.72. The molecule has 1 atom stereocenters. The van der Waals surface area contributed by atoms with E-state index < -0.39 is 11.8 Å². The van der Waals surface area contributed by atoms with Crippen LogP contribution in [0, 0.1) is 11.8 Å². The first-order chi connectivity index (χ1) is 9.85. The summed E-state index contributed by atoms with van der Waals surface area (Å²) in [6, 6.07) is 0. The number of hydrogen-bond donors (Lipinski definition) is 0. The lowest BCUT2D eigenvalue weighted by atomic mass is 9.73. The zero-order valence-corrected chi connectivity index (χ0v) is 12.8. The molecule has 3 fully saturated rings. The fraction of sp³-hybridized carbons (Fsp3) is 0.933. The lowest BCUT2D eigenvalue weighted by molar-refractivity contribution is -0.175. The Morgan fingerprint density at radius 1 is 1.29 bits per heavy atom. The number of likely N-dealkylation sites (N-methyl/N-ethyl adjacent to an activating group) is 1. The van der Waals surface area contributed by atoms with Gasteiger partial charge in [-0.05, 0) is 32.4 Å². The molecular weight excluding hydrogens is 278 g/mol. The van der Waals surface area contributed by atoms with E-state index in [1.54, 1.807) is 12.0 Å². The Labute approximate surface area is 124 Å². The molecule has 120 valence electrons. The second kappa shape index (κ2) is 5.16. The Morgan fingerprint density at radius 2 is 1.95 bits per heavy atom. The number of ether oxygens (including phenoxy) is 1. The monoisotopic (exact) mass is 302 g/mol. The van der Waals surface area contributed by atoms with E-state index in [1.807, 2.05) is 0 Å². The van der Waals surface area contributed by atoms with Crippen LogP contribution in [0.25, 0.3) is 0 Å². The van der Waals surface area contributed by atoms with Gasteiger partial charge in [0.15, 0.2) is 0 Å². The zero-order valence-electron chi connectivity index (χ0n) is 12.8. The quantitative estimate of drug-likeness (QED) is 0.794. The van der Waals surface area contributed by atoms with Crippen molar-refractivity contribution in [2.24, 2.45) is 11.8 Å². The minimum absolute atomic E-state index is 0.0450. The normalized spacial score (nSPS) is 31.8. The second-order valence-corrected chi connectivity index (χ2v) is 7.12. The van der Waals surface area contributed by atoms with Crippen LogP contribution >= 0.6 is 0 Å². The summed E-state index contributed by atoms with van der Waals surface area (Å²) in [6.07, 6.45) is 1.62. The summed E-state index contributed by atoms with van der Waals surface area (Å²) in [5.41, 5.74) is 0.0450. The van der Waals surface area contributed by atoms with Crippen LogP contribution in [0.2, 0.25) is 0 Å². The molecule has 0 bridgehead atoms. The van der Waals surface area contributed by atoms with Crippen LogP contribution in [0.4, 0.5) is 8.78 Å². The minimum Gasteiger partial charge on any atom is -0.384 e. The van der Waals surface area contributed by atoms with E-state index in [1.165, 1.54) is 0 Å². The number of nitrogens with zero attached hydrogens (tertiary/aromatic N) is 2. The van der Waals surface area contributed by atoms with E-state index in [-0.39, 0.29) is 24.3 Å². The number of amides is 1. The Morgan fingerprint density at radius 3 is 2.52 bits per heavy atom. The number of piperidine rings is 1. The Balaban J connectivity index is 1.54. The van der Waals surface area contributed by atoms with Crippen molar-refractivity contribution in [1.82, 2.24) is 9.80 Å². The number of alkyl halides is 2. The topological polar surface area (TPSA) is 32.8 Å². The van der Waals surface area contributed by atoms with Crippen molar-refractivity contribution in [3.05, 3.63) is 0 Å². The highest BCUT2D eigenvalue weighted by atomic mass is 19.3. The first-order valence-corrected chi connectivity index (χ1v) is 7.72. The van der Waals surface area contributed by atoms with E-state index in [0.717, 1.165) is 26.0 Å². The molecular formula is C15H24F2N2O2. The van der Waals surface area contributed by atoms with Crippen molar-refractivity contribution in [3.8, 4) is 0 Å². The molecule has 0 aromatic carbocycles. The maximum absolute atomic E-state index is 12.9. The predicted octanol–water partition coefficient (Wildman–Crippen LogP) is 1.60. The van der Waals surface area contributed by atoms with Gasteiger partial charge in [0.2, 0.25) is 11.8 Å². The average Bonchev–Trinajstić information content (AvgIpc) is 2.35. The highest BCUT2D eigenvalue weighted by Crippen LogP contribution is 2.45. The van der Waals surface area contributed by atoms with Gasteiger partial charge in [-0.1, -0.05) is 0 Å².